The third-order valence-electron chi connectivity index (χ3n) is 16.5. The lowest BCUT2D eigenvalue weighted by Gasteiger charge is -2.30. The Morgan fingerprint density at radius 3 is 1.19 bits per heavy atom. The predicted molar refractivity (Wildman–Crippen MR) is 386 cm³/mol. The quantitative estimate of drug-likeness (QED) is 0.0236. The minimum absolute atomic E-state index is 0.00298. The van der Waals surface area contributed by atoms with Crippen molar-refractivity contribution in [2.75, 3.05) is 132 Å². The number of nitrogens with one attached hydrogen (secondary N) is 12. The van der Waals surface area contributed by atoms with Crippen LogP contribution in [0.15, 0.2) is 0 Å². The SMILES string of the molecule is CCCCCCCCCCCC(=O)NCCOCCOCC(=O)NCCCC[C@H](NC(=O)COCCOCCNC(=O)CCCCCCCCCCC)C(=O)NCCOCCOCC(=O)NCCCC[C@H](NC(=O)[C@H](CCCNC(=N)N)NC(=O)C(C)(C)NCC(=O)C(C)(C)NC)C(N)=O. The van der Waals surface area contributed by atoms with Gasteiger partial charge in [0, 0.05) is 52.1 Å². The van der Waals surface area contributed by atoms with E-state index in [1.807, 2.05) is 0 Å². The number of likely N-dealkylation sites (N-methyl/N-ethyl adjacent to an activating group) is 1. The monoisotopic (exact) mass is 1430 g/mol. The molecular formula is C70H134N14O16. The van der Waals surface area contributed by atoms with Crippen LogP contribution in [0.5, 0.6) is 0 Å². The van der Waals surface area contributed by atoms with Gasteiger partial charge in [0.25, 0.3) is 0 Å². The van der Waals surface area contributed by atoms with Crippen LogP contribution in [0.1, 0.15) is 221 Å². The van der Waals surface area contributed by atoms with Crippen molar-refractivity contribution in [1.29, 1.82) is 5.41 Å². The summed E-state index contributed by atoms with van der Waals surface area (Å²) in [5.41, 5.74) is 8.95. The smallest absolute Gasteiger partial charge is 0.246 e. The maximum absolute atomic E-state index is 13.6. The summed E-state index contributed by atoms with van der Waals surface area (Å²) in [6, 6.07) is -3.12. The Morgan fingerprint density at radius 1 is 0.370 bits per heavy atom. The highest BCUT2D eigenvalue weighted by molar-refractivity contribution is 5.95. The second-order valence-electron chi connectivity index (χ2n) is 26.2. The summed E-state index contributed by atoms with van der Waals surface area (Å²) < 4.78 is 33.1. The number of amides is 9. The topological polar surface area (TPSA) is 434 Å². The largest absolute Gasteiger partial charge is 0.377 e. The van der Waals surface area contributed by atoms with E-state index in [9.17, 15) is 47.9 Å². The van der Waals surface area contributed by atoms with Crippen molar-refractivity contribution in [2.24, 2.45) is 11.5 Å². The van der Waals surface area contributed by atoms with E-state index in [4.69, 9.17) is 45.3 Å². The molecule has 9 amide bonds. The lowest BCUT2D eigenvalue weighted by Crippen LogP contribution is -2.61. The molecule has 100 heavy (non-hydrogen) atoms. The van der Waals surface area contributed by atoms with Crippen molar-refractivity contribution >= 4 is 64.9 Å². The van der Waals surface area contributed by atoms with Crippen LogP contribution >= 0.6 is 0 Å². The number of unbranched alkanes of at least 4 members (excludes halogenated alkanes) is 18. The summed E-state index contributed by atoms with van der Waals surface area (Å²) in [4.78, 5) is 128. The molecular weight excluding hydrogens is 1290 g/mol. The van der Waals surface area contributed by atoms with Crippen LogP contribution in [0.25, 0.3) is 0 Å². The van der Waals surface area contributed by atoms with Gasteiger partial charge < -0.3 is 93.1 Å². The van der Waals surface area contributed by atoms with Gasteiger partial charge >= 0.3 is 0 Å². The lowest BCUT2D eigenvalue weighted by atomic mass is 9.97. The van der Waals surface area contributed by atoms with Crippen LogP contribution in [0.2, 0.25) is 0 Å². The maximum Gasteiger partial charge on any atom is 0.246 e. The second kappa shape index (κ2) is 62.6. The van der Waals surface area contributed by atoms with Crippen molar-refractivity contribution in [3.8, 4) is 0 Å². The van der Waals surface area contributed by atoms with Gasteiger partial charge in [-0.1, -0.05) is 117 Å². The zero-order chi connectivity index (χ0) is 74.3. The fraction of sp³-hybridized carbons (Fsp3) is 0.843. The highest BCUT2D eigenvalue weighted by Crippen LogP contribution is 2.14. The van der Waals surface area contributed by atoms with E-state index in [0.29, 0.717) is 77.8 Å². The first-order chi connectivity index (χ1) is 48.0. The Hall–Kier alpha value is -6.15. The van der Waals surface area contributed by atoms with Gasteiger partial charge in [-0.2, -0.15) is 0 Å². The van der Waals surface area contributed by atoms with Gasteiger partial charge in [-0.05, 0) is 99.0 Å². The van der Waals surface area contributed by atoms with Crippen LogP contribution in [0.3, 0.4) is 0 Å². The number of Topliss-reactive ketones (excluding diaryl/α,β-unsaturated/α-hetero) is 1. The Bertz CT molecular complexity index is 2250. The van der Waals surface area contributed by atoms with Gasteiger partial charge in [0.05, 0.1) is 77.1 Å². The van der Waals surface area contributed by atoms with Gasteiger partial charge in [0.2, 0.25) is 53.2 Å². The average molecular weight is 1430 g/mol. The molecule has 0 heterocycles. The van der Waals surface area contributed by atoms with Crippen molar-refractivity contribution in [1.82, 2.24) is 58.5 Å². The minimum Gasteiger partial charge on any atom is -0.377 e. The summed E-state index contributed by atoms with van der Waals surface area (Å²) in [5, 5.41) is 38.1. The minimum atomic E-state index is -1.27. The molecule has 0 unspecified atom stereocenters. The van der Waals surface area contributed by atoms with E-state index in [0.717, 1.165) is 38.5 Å². The molecule has 16 N–H and O–H groups in total. The Balaban J connectivity index is 4.92. The summed E-state index contributed by atoms with van der Waals surface area (Å²) in [7, 11) is 1.65. The van der Waals surface area contributed by atoms with Crippen LogP contribution in [-0.2, 0) is 76.4 Å². The molecule has 580 valence electrons. The number of ketones is 1. The van der Waals surface area contributed by atoms with Gasteiger partial charge in [0.1, 0.15) is 37.9 Å². The first-order valence-corrected chi connectivity index (χ1v) is 37.0. The van der Waals surface area contributed by atoms with E-state index in [-0.39, 0.29) is 141 Å². The van der Waals surface area contributed by atoms with Crippen molar-refractivity contribution in [3.63, 3.8) is 0 Å². The first kappa shape index (κ1) is 93.8. The number of nitrogens with two attached hydrogens (primary N) is 2. The molecule has 0 spiro atoms. The molecule has 30 nitrogen and oxygen atoms in total. The lowest BCUT2D eigenvalue weighted by molar-refractivity contribution is -0.134. The van der Waals surface area contributed by atoms with Gasteiger partial charge in [-0.3, -0.25) is 58.7 Å². The predicted octanol–water partition coefficient (Wildman–Crippen LogP) is 2.99. The fourth-order valence-electron chi connectivity index (χ4n) is 9.86. The normalized spacial score (nSPS) is 12.3. The number of primary amides is 1. The summed E-state index contributed by atoms with van der Waals surface area (Å²) >= 11 is 0. The average Bonchev–Trinajstić information content (AvgIpc) is 0.856. The molecule has 0 aliphatic rings. The number of carbonyl (C=O) groups excluding carboxylic acids is 10. The Labute approximate surface area is 597 Å². The molecule has 0 bridgehead atoms. The molecule has 30 heteroatoms. The summed E-state index contributed by atoms with van der Waals surface area (Å²) in [6.07, 6.45) is 25.0. The number of hydrogen-bond acceptors (Lipinski definition) is 19. The van der Waals surface area contributed by atoms with E-state index < -0.39 is 64.6 Å². The number of rotatable bonds is 70. The molecule has 0 aliphatic carbocycles. The van der Waals surface area contributed by atoms with Crippen LogP contribution in [0, 0.1) is 5.41 Å². The zero-order valence-corrected chi connectivity index (χ0v) is 62.2. The number of ether oxygens (including phenoxy) is 6. The highest BCUT2D eigenvalue weighted by Gasteiger charge is 2.34. The fourth-order valence-corrected chi connectivity index (χ4v) is 9.86. The molecule has 0 aliphatic heterocycles. The van der Waals surface area contributed by atoms with Crippen molar-refractivity contribution in [2.45, 2.75) is 251 Å². The molecule has 0 aromatic heterocycles. The maximum atomic E-state index is 13.6. The highest BCUT2D eigenvalue weighted by atomic mass is 16.5. The molecule has 3 atom stereocenters. The summed E-state index contributed by atoms with van der Waals surface area (Å²) in [5.74, 6) is -4.13. The Kier molecular flexibility index (Phi) is 58.8. The Morgan fingerprint density at radius 2 is 0.750 bits per heavy atom. The number of hydrogen-bond donors (Lipinski definition) is 14. The van der Waals surface area contributed by atoms with Gasteiger partial charge in [-0.25, -0.2) is 0 Å². The van der Waals surface area contributed by atoms with E-state index in [1.165, 1.54) is 77.0 Å². The number of carbonyl (C=O) groups is 10. The molecule has 0 rings (SSSR count). The van der Waals surface area contributed by atoms with Crippen molar-refractivity contribution < 1.29 is 76.4 Å². The first-order valence-electron chi connectivity index (χ1n) is 37.0. The molecule has 0 fully saturated rings. The van der Waals surface area contributed by atoms with Crippen LogP contribution in [0.4, 0.5) is 0 Å². The molecule has 0 aromatic rings. The standard InChI is InChI=1S/C70H134N14O16/c1-8-10-12-14-16-18-20-22-24-34-59(86)77-39-42-95-45-48-98-53-62(89)76-37-29-27-32-56(82-63(90)54-100-50-47-96-43-40-78-60(87)35-25-23-21-19-17-15-13-11-9-2)65(92)79-41-44-97-46-49-99-52-61(88)75-36-28-26-31-55(64(71)91)83-66(93)57(33-30-38-80-68(72)73)84-67(94)70(5,6)81-51-58(85)69(3,4)74-7/h55-57,74,81H,8-54H2,1-7H3,(H2,71,91)(H,75,88)(H,76,89)(H,77,86)(H,78,87)(H,79,92)(H,82,90)(H,83,93)(H,84,94)(H4,72,73,80)/t55-,56-,57-/m0/s1. The van der Waals surface area contributed by atoms with Crippen molar-refractivity contribution in [3.05, 3.63) is 0 Å². The molecule has 0 aromatic carbocycles. The van der Waals surface area contributed by atoms with E-state index >= 15 is 0 Å². The van der Waals surface area contributed by atoms with Crippen LogP contribution < -0.4 is 70.0 Å². The molecule has 0 saturated heterocycles. The van der Waals surface area contributed by atoms with E-state index in [2.05, 4.69) is 72.3 Å². The molecule has 0 saturated carbocycles. The van der Waals surface area contributed by atoms with Crippen LogP contribution in [-0.4, -0.2) is 226 Å². The third kappa shape index (κ3) is 55.5. The molecule has 0 radical (unpaired) electrons. The van der Waals surface area contributed by atoms with E-state index in [1.54, 1.807) is 34.7 Å². The zero-order valence-electron chi connectivity index (χ0n) is 62.2. The van der Waals surface area contributed by atoms with Gasteiger partial charge in [-0.15, -0.1) is 0 Å². The summed E-state index contributed by atoms with van der Waals surface area (Å²) in [6.45, 7) is 13.4. The van der Waals surface area contributed by atoms with Gasteiger partial charge in [0.15, 0.2) is 11.7 Å². The third-order valence-corrected chi connectivity index (χ3v) is 16.5. The number of guanidine groups is 1. The second-order valence-corrected chi connectivity index (χ2v) is 26.2.